The van der Waals surface area contributed by atoms with E-state index >= 15 is 0 Å². The van der Waals surface area contributed by atoms with Crippen LogP contribution in [-0.2, 0) is 6.42 Å². The van der Waals surface area contributed by atoms with E-state index in [-0.39, 0.29) is 0 Å². The Morgan fingerprint density at radius 2 is 2.24 bits per heavy atom. The van der Waals surface area contributed by atoms with Crippen molar-refractivity contribution >= 4 is 15.9 Å². The predicted octanol–water partition coefficient (Wildman–Crippen LogP) is 3.24. The van der Waals surface area contributed by atoms with Gasteiger partial charge in [-0.1, -0.05) is 6.07 Å². The van der Waals surface area contributed by atoms with E-state index in [1.807, 2.05) is 0 Å². The van der Waals surface area contributed by atoms with Crippen LogP contribution >= 0.6 is 15.9 Å². The number of hydrogen-bond acceptors (Lipinski definition) is 2. The molecule has 3 heteroatoms. The highest BCUT2D eigenvalue weighted by Gasteiger charge is 2.20. The molecular formula is C14H18BrNO. The van der Waals surface area contributed by atoms with E-state index in [1.165, 1.54) is 30.5 Å². The standard InChI is InChI=1S/C14H18BrNO/c15-13-8-12(11-3-1-5-16-9-11)7-10-4-2-6-17-14(10)13/h7-8,11,16H,1-6,9H2/t11-/m1/s1. The molecule has 2 aliphatic heterocycles. The van der Waals surface area contributed by atoms with Crippen molar-refractivity contribution in [3.63, 3.8) is 0 Å². The Morgan fingerprint density at radius 1 is 1.29 bits per heavy atom. The normalized spacial score (nSPS) is 23.9. The van der Waals surface area contributed by atoms with Gasteiger partial charge >= 0.3 is 0 Å². The third-order valence-corrected chi connectivity index (χ3v) is 4.34. The van der Waals surface area contributed by atoms with Crippen LogP contribution in [0.25, 0.3) is 0 Å². The van der Waals surface area contributed by atoms with Crippen LogP contribution in [0.1, 0.15) is 36.3 Å². The molecule has 1 atom stereocenters. The minimum atomic E-state index is 0.673. The van der Waals surface area contributed by atoms with Crippen molar-refractivity contribution in [3.8, 4) is 5.75 Å². The lowest BCUT2D eigenvalue weighted by molar-refractivity contribution is 0.286. The van der Waals surface area contributed by atoms with Gasteiger partial charge in [0.25, 0.3) is 0 Å². The van der Waals surface area contributed by atoms with E-state index < -0.39 is 0 Å². The molecule has 0 amide bonds. The second kappa shape index (κ2) is 4.99. The number of aryl methyl sites for hydroxylation is 1. The summed E-state index contributed by atoms with van der Waals surface area (Å²) in [4.78, 5) is 0. The lowest BCUT2D eigenvalue weighted by atomic mass is 9.89. The molecule has 0 saturated carbocycles. The zero-order valence-electron chi connectivity index (χ0n) is 9.97. The fourth-order valence-corrected chi connectivity index (χ4v) is 3.46. The van der Waals surface area contributed by atoms with Gasteiger partial charge < -0.3 is 10.1 Å². The maximum absolute atomic E-state index is 5.73. The van der Waals surface area contributed by atoms with Gasteiger partial charge in [-0.2, -0.15) is 0 Å². The van der Waals surface area contributed by atoms with Crippen molar-refractivity contribution in [2.75, 3.05) is 19.7 Å². The van der Waals surface area contributed by atoms with E-state index in [9.17, 15) is 0 Å². The summed E-state index contributed by atoms with van der Waals surface area (Å²) in [6, 6.07) is 4.61. The fraction of sp³-hybridized carbons (Fsp3) is 0.571. The van der Waals surface area contributed by atoms with Crippen LogP contribution in [0.3, 0.4) is 0 Å². The maximum Gasteiger partial charge on any atom is 0.136 e. The number of benzene rings is 1. The van der Waals surface area contributed by atoms with Gasteiger partial charge in [-0.15, -0.1) is 0 Å². The first-order chi connectivity index (χ1) is 8.34. The fourth-order valence-electron chi connectivity index (χ4n) is 2.83. The highest BCUT2D eigenvalue weighted by atomic mass is 79.9. The van der Waals surface area contributed by atoms with Gasteiger partial charge in [-0.3, -0.25) is 0 Å². The summed E-state index contributed by atoms with van der Waals surface area (Å²) in [6.07, 6.45) is 4.89. The van der Waals surface area contributed by atoms with Gasteiger partial charge in [0.2, 0.25) is 0 Å². The van der Waals surface area contributed by atoms with Crippen LogP contribution < -0.4 is 10.1 Å². The Hall–Kier alpha value is -0.540. The number of piperidine rings is 1. The highest BCUT2D eigenvalue weighted by Crippen LogP contribution is 2.37. The zero-order chi connectivity index (χ0) is 11.7. The Kier molecular flexibility index (Phi) is 3.39. The van der Waals surface area contributed by atoms with Crippen LogP contribution in [0.5, 0.6) is 5.75 Å². The third kappa shape index (κ3) is 2.36. The average molecular weight is 296 g/mol. The minimum Gasteiger partial charge on any atom is -0.492 e. The summed E-state index contributed by atoms with van der Waals surface area (Å²) in [6.45, 7) is 3.15. The van der Waals surface area contributed by atoms with Crippen molar-refractivity contribution < 1.29 is 4.74 Å². The summed E-state index contributed by atoms with van der Waals surface area (Å²) in [5.41, 5.74) is 2.85. The van der Waals surface area contributed by atoms with Crippen LogP contribution in [0.15, 0.2) is 16.6 Å². The number of nitrogens with one attached hydrogen (secondary N) is 1. The van der Waals surface area contributed by atoms with Crippen LogP contribution in [0, 0.1) is 0 Å². The number of halogens is 1. The lowest BCUT2D eigenvalue weighted by Crippen LogP contribution is -2.28. The largest absolute Gasteiger partial charge is 0.492 e. The minimum absolute atomic E-state index is 0.673. The molecule has 1 aromatic carbocycles. The number of hydrogen-bond donors (Lipinski definition) is 1. The van der Waals surface area contributed by atoms with E-state index in [0.717, 1.165) is 36.2 Å². The zero-order valence-corrected chi connectivity index (χ0v) is 11.6. The quantitative estimate of drug-likeness (QED) is 0.859. The van der Waals surface area contributed by atoms with E-state index in [4.69, 9.17) is 4.74 Å². The molecule has 2 heterocycles. The summed E-state index contributed by atoms with van der Waals surface area (Å²) >= 11 is 3.65. The molecule has 1 fully saturated rings. The lowest BCUT2D eigenvalue weighted by Gasteiger charge is -2.26. The van der Waals surface area contributed by atoms with Gasteiger partial charge in [0, 0.05) is 6.54 Å². The highest BCUT2D eigenvalue weighted by molar-refractivity contribution is 9.10. The van der Waals surface area contributed by atoms with Gasteiger partial charge in [0.1, 0.15) is 5.75 Å². The molecule has 0 spiro atoms. The molecule has 3 rings (SSSR count). The monoisotopic (exact) mass is 295 g/mol. The summed E-state index contributed by atoms with van der Waals surface area (Å²) in [5.74, 6) is 1.75. The Labute approximate surface area is 111 Å². The molecule has 0 bridgehead atoms. The van der Waals surface area contributed by atoms with Crippen molar-refractivity contribution in [3.05, 3.63) is 27.7 Å². The maximum atomic E-state index is 5.73. The number of rotatable bonds is 1. The topological polar surface area (TPSA) is 21.3 Å². The molecular weight excluding hydrogens is 278 g/mol. The number of ether oxygens (including phenoxy) is 1. The molecule has 1 aromatic rings. The van der Waals surface area contributed by atoms with Gasteiger partial charge in [0.15, 0.2) is 0 Å². The van der Waals surface area contributed by atoms with E-state index in [2.05, 4.69) is 33.4 Å². The summed E-state index contributed by atoms with van der Waals surface area (Å²) < 4.78 is 6.87. The average Bonchev–Trinajstić information content (AvgIpc) is 2.40. The van der Waals surface area contributed by atoms with E-state index in [0.29, 0.717) is 5.92 Å². The molecule has 2 nitrogen and oxygen atoms in total. The van der Waals surface area contributed by atoms with Crippen molar-refractivity contribution in [1.29, 1.82) is 0 Å². The smallest absolute Gasteiger partial charge is 0.136 e. The summed E-state index contributed by atoms with van der Waals surface area (Å²) in [5, 5.41) is 3.49. The number of fused-ring (bicyclic) bond motifs is 1. The predicted molar refractivity (Wildman–Crippen MR) is 72.8 cm³/mol. The van der Waals surface area contributed by atoms with Gasteiger partial charge in [-0.05, 0) is 71.3 Å². The van der Waals surface area contributed by atoms with Gasteiger partial charge in [0.05, 0.1) is 11.1 Å². The first-order valence-corrected chi connectivity index (χ1v) is 7.30. The molecule has 1 N–H and O–H groups in total. The Morgan fingerprint density at radius 3 is 3.06 bits per heavy atom. The second-order valence-electron chi connectivity index (χ2n) is 4.99. The van der Waals surface area contributed by atoms with Crippen molar-refractivity contribution in [1.82, 2.24) is 5.32 Å². The molecule has 92 valence electrons. The van der Waals surface area contributed by atoms with Crippen molar-refractivity contribution in [2.45, 2.75) is 31.6 Å². The van der Waals surface area contributed by atoms with E-state index in [1.54, 1.807) is 0 Å². The van der Waals surface area contributed by atoms with Crippen molar-refractivity contribution in [2.24, 2.45) is 0 Å². The third-order valence-electron chi connectivity index (χ3n) is 3.75. The molecule has 2 aliphatic rings. The SMILES string of the molecule is Brc1cc([C@@H]2CCCNC2)cc2c1OCCC2. The first-order valence-electron chi connectivity index (χ1n) is 6.50. The first kappa shape index (κ1) is 11.5. The molecule has 0 unspecified atom stereocenters. The summed E-state index contributed by atoms with van der Waals surface area (Å²) in [7, 11) is 0. The molecule has 0 aliphatic carbocycles. The van der Waals surface area contributed by atoms with Gasteiger partial charge in [-0.25, -0.2) is 0 Å². The molecule has 17 heavy (non-hydrogen) atoms. The molecule has 0 radical (unpaired) electrons. The second-order valence-corrected chi connectivity index (χ2v) is 5.84. The van der Waals surface area contributed by atoms with Crippen LogP contribution in [0.2, 0.25) is 0 Å². The van der Waals surface area contributed by atoms with Crippen LogP contribution in [0.4, 0.5) is 0 Å². The molecule has 1 saturated heterocycles. The Bertz CT molecular complexity index is 413. The Balaban J connectivity index is 1.92. The van der Waals surface area contributed by atoms with Crippen LogP contribution in [-0.4, -0.2) is 19.7 Å². The molecule has 0 aromatic heterocycles.